The molecule has 10 heteroatoms. The number of hydrogen-bond donors (Lipinski definition) is 0. The maximum absolute atomic E-state index is 13.2. The molecule has 4 rings (SSSR count). The number of amidine groups is 1. The molecule has 7 nitrogen and oxygen atoms in total. The third-order valence-electron chi connectivity index (χ3n) is 4.18. The first-order valence-electron chi connectivity index (χ1n) is 9.05. The number of amides is 1. The van der Waals surface area contributed by atoms with E-state index in [2.05, 4.69) is 15.2 Å². The molecule has 0 atom stereocenters. The van der Waals surface area contributed by atoms with E-state index in [1.165, 1.54) is 28.0 Å². The van der Waals surface area contributed by atoms with Crippen LogP contribution in [0.15, 0.2) is 50.8 Å². The first-order valence-corrected chi connectivity index (χ1v) is 11.3. The first kappa shape index (κ1) is 20.6. The van der Waals surface area contributed by atoms with Crippen molar-refractivity contribution in [3.63, 3.8) is 0 Å². The van der Waals surface area contributed by atoms with Crippen molar-refractivity contribution in [1.82, 2.24) is 10.2 Å². The lowest BCUT2D eigenvalue weighted by molar-refractivity contribution is -0.113. The number of carbonyl (C=O) groups excluding carboxylic acids is 1. The van der Waals surface area contributed by atoms with E-state index in [9.17, 15) is 4.79 Å². The summed E-state index contributed by atoms with van der Waals surface area (Å²) in [7, 11) is 1.54. The van der Waals surface area contributed by atoms with Gasteiger partial charge in [-0.25, -0.2) is 4.99 Å². The number of halogens is 1. The van der Waals surface area contributed by atoms with Crippen LogP contribution in [0.5, 0.6) is 5.75 Å². The molecule has 0 fully saturated rings. The minimum absolute atomic E-state index is 0.230. The molecule has 154 valence electrons. The van der Waals surface area contributed by atoms with Crippen LogP contribution in [0.1, 0.15) is 23.6 Å². The summed E-state index contributed by atoms with van der Waals surface area (Å²) in [5.41, 5.74) is 0.957. The average Bonchev–Trinajstić information content (AvgIpc) is 3.48. The van der Waals surface area contributed by atoms with Gasteiger partial charge in [-0.05, 0) is 35.7 Å². The fourth-order valence-electron chi connectivity index (χ4n) is 2.74. The third-order valence-corrected chi connectivity index (χ3v) is 6.22. The molecule has 2 aromatic heterocycles. The summed E-state index contributed by atoms with van der Waals surface area (Å²) in [6.07, 6.45) is 2.45. The minimum Gasteiger partial charge on any atom is -0.495 e. The number of aliphatic imine (C=N–C) groups is 1. The molecule has 1 amide bonds. The molecule has 0 aliphatic carbocycles. The standard InChI is InChI=1S/C20H17ClN4O3S2/c1-3-17-23-24-18(28-17)11-30-20-22-15(10-13-5-4-8-29-13)19(26)25(20)12-6-7-16(27-2)14(21)9-12/h4-10H,3,11H2,1-2H3/b15-10-. The molecule has 1 aromatic carbocycles. The Bertz CT molecular complexity index is 1130. The van der Waals surface area contributed by atoms with E-state index in [1.54, 1.807) is 31.4 Å². The first-order chi connectivity index (χ1) is 14.6. The molecule has 0 saturated carbocycles. The molecule has 1 aliphatic heterocycles. The Balaban J connectivity index is 1.65. The van der Waals surface area contributed by atoms with Gasteiger partial charge in [0.2, 0.25) is 11.8 Å². The van der Waals surface area contributed by atoms with Crippen molar-refractivity contribution in [3.8, 4) is 5.75 Å². The van der Waals surface area contributed by atoms with Gasteiger partial charge in [0.25, 0.3) is 5.91 Å². The second kappa shape index (κ2) is 9.03. The highest BCUT2D eigenvalue weighted by molar-refractivity contribution is 8.13. The van der Waals surface area contributed by atoms with E-state index >= 15 is 0 Å². The van der Waals surface area contributed by atoms with Crippen LogP contribution in [0.2, 0.25) is 5.02 Å². The van der Waals surface area contributed by atoms with Gasteiger partial charge in [0.15, 0.2) is 5.17 Å². The van der Waals surface area contributed by atoms with Gasteiger partial charge >= 0.3 is 0 Å². The summed E-state index contributed by atoms with van der Waals surface area (Å²) in [6, 6.07) is 9.04. The number of aromatic nitrogens is 2. The normalized spacial score (nSPS) is 15.2. The molecular formula is C20H17ClN4O3S2. The molecule has 0 saturated heterocycles. The van der Waals surface area contributed by atoms with Crippen molar-refractivity contribution in [2.24, 2.45) is 4.99 Å². The van der Waals surface area contributed by atoms with Crippen molar-refractivity contribution in [2.75, 3.05) is 12.0 Å². The quantitative estimate of drug-likeness (QED) is 0.480. The smallest absolute Gasteiger partial charge is 0.283 e. The van der Waals surface area contributed by atoms with Gasteiger partial charge in [0.1, 0.15) is 11.4 Å². The Morgan fingerprint density at radius 1 is 1.30 bits per heavy atom. The van der Waals surface area contributed by atoms with E-state index < -0.39 is 0 Å². The van der Waals surface area contributed by atoms with Crippen LogP contribution in [0, 0.1) is 0 Å². The minimum atomic E-state index is -0.230. The molecule has 0 N–H and O–H groups in total. The van der Waals surface area contributed by atoms with Gasteiger partial charge in [-0.2, -0.15) is 0 Å². The summed E-state index contributed by atoms with van der Waals surface area (Å²) >= 11 is 9.18. The summed E-state index contributed by atoms with van der Waals surface area (Å²) in [5, 5.41) is 10.9. The number of ether oxygens (including phenoxy) is 1. The highest BCUT2D eigenvalue weighted by Gasteiger charge is 2.32. The molecule has 0 unspecified atom stereocenters. The number of benzene rings is 1. The molecule has 3 aromatic rings. The van der Waals surface area contributed by atoms with Gasteiger partial charge in [-0.1, -0.05) is 36.4 Å². The Morgan fingerprint density at radius 2 is 2.13 bits per heavy atom. The second-order valence-electron chi connectivity index (χ2n) is 6.13. The maximum atomic E-state index is 13.2. The monoisotopic (exact) mass is 460 g/mol. The zero-order chi connectivity index (χ0) is 21.1. The molecule has 1 aliphatic rings. The number of thioether (sulfide) groups is 1. The fraction of sp³-hybridized carbons (Fsp3) is 0.200. The number of thiophene rings is 1. The molecule has 0 bridgehead atoms. The van der Waals surface area contributed by atoms with E-state index in [-0.39, 0.29) is 5.91 Å². The van der Waals surface area contributed by atoms with Crippen LogP contribution in [0.25, 0.3) is 6.08 Å². The zero-order valence-corrected chi connectivity index (χ0v) is 18.6. The average molecular weight is 461 g/mol. The van der Waals surface area contributed by atoms with Crippen LogP contribution in [-0.4, -0.2) is 28.4 Å². The van der Waals surface area contributed by atoms with E-state index in [0.717, 1.165) is 4.88 Å². The topological polar surface area (TPSA) is 80.8 Å². The number of methoxy groups -OCH3 is 1. The summed E-state index contributed by atoms with van der Waals surface area (Å²) in [6.45, 7) is 1.95. The molecule has 3 heterocycles. The number of rotatable bonds is 6. The predicted molar refractivity (Wildman–Crippen MR) is 120 cm³/mol. The number of nitrogens with zero attached hydrogens (tertiary/aromatic N) is 4. The maximum Gasteiger partial charge on any atom is 0.283 e. The highest BCUT2D eigenvalue weighted by atomic mass is 35.5. The van der Waals surface area contributed by atoms with E-state index in [4.69, 9.17) is 20.8 Å². The van der Waals surface area contributed by atoms with Crippen LogP contribution < -0.4 is 9.64 Å². The summed E-state index contributed by atoms with van der Waals surface area (Å²) < 4.78 is 10.8. The van der Waals surface area contributed by atoms with Crippen molar-refractivity contribution in [1.29, 1.82) is 0 Å². The van der Waals surface area contributed by atoms with E-state index in [0.29, 0.717) is 51.3 Å². The van der Waals surface area contributed by atoms with Crippen LogP contribution in [0.4, 0.5) is 5.69 Å². The van der Waals surface area contributed by atoms with Crippen LogP contribution in [0.3, 0.4) is 0 Å². The highest BCUT2D eigenvalue weighted by Crippen LogP contribution is 2.35. The van der Waals surface area contributed by atoms with Gasteiger partial charge in [0.05, 0.1) is 23.6 Å². The van der Waals surface area contributed by atoms with Crippen molar-refractivity contribution < 1.29 is 13.9 Å². The Labute approximate surface area is 186 Å². The molecule has 30 heavy (non-hydrogen) atoms. The van der Waals surface area contributed by atoms with Gasteiger partial charge in [0, 0.05) is 11.3 Å². The second-order valence-corrected chi connectivity index (χ2v) is 8.46. The fourth-order valence-corrected chi connectivity index (χ4v) is 4.49. The largest absolute Gasteiger partial charge is 0.495 e. The summed E-state index contributed by atoms with van der Waals surface area (Å²) in [5.74, 6) is 1.76. The molecule has 0 radical (unpaired) electrons. The lowest BCUT2D eigenvalue weighted by Gasteiger charge is -2.18. The Morgan fingerprint density at radius 3 is 2.80 bits per heavy atom. The number of carbonyl (C=O) groups is 1. The molecule has 0 spiro atoms. The van der Waals surface area contributed by atoms with Crippen LogP contribution >= 0.6 is 34.7 Å². The Hall–Kier alpha value is -2.62. The van der Waals surface area contributed by atoms with Gasteiger partial charge in [-0.15, -0.1) is 21.5 Å². The van der Waals surface area contributed by atoms with Gasteiger partial charge in [-0.3, -0.25) is 9.69 Å². The van der Waals surface area contributed by atoms with Crippen molar-refractivity contribution >= 4 is 57.5 Å². The lowest BCUT2D eigenvalue weighted by Crippen LogP contribution is -2.30. The summed E-state index contributed by atoms with van der Waals surface area (Å²) in [4.78, 5) is 20.2. The van der Waals surface area contributed by atoms with Crippen molar-refractivity contribution in [3.05, 3.63) is 63.1 Å². The number of anilines is 1. The van der Waals surface area contributed by atoms with Crippen LogP contribution in [-0.2, 0) is 17.0 Å². The third kappa shape index (κ3) is 4.28. The van der Waals surface area contributed by atoms with Gasteiger partial charge < -0.3 is 9.15 Å². The predicted octanol–water partition coefficient (Wildman–Crippen LogP) is 5.03. The zero-order valence-electron chi connectivity index (χ0n) is 16.2. The molecular weight excluding hydrogens is 444 g/mol. The SMILES string of the molecule is CCc1nnc(CSC2=N/C(=C\c3cccs3)C(=O)N2c2ccc(OC)c(Cl)c2)o1. The Kier molecular flexibility index (Phi) is 6.21. The lowest BCUT2D eigenvalue weighted by atomic mass is 10.2. The number of hydrogen-bond acceptors (Lipinski definition) is 8. The van der Waals surface area contributed by atoms with Crippen molar-refractivity contribution in [2.45, 2.75) is 19.1 Å². The van der Waals surface area contributed by atoms with E-state index in [1.807, 2.05) is 24.4 Å². The number of aryl methyl sites for hydroxylation is 1.